The standard InChI is InChI=1S/C16H20ClN3/c1-20-15(12-4-8-14(17)9-5-12)18-19-16(20)10-11-2-6-13(16)7-3-11/h4-5,8-9,11,13,19H,2-3,6-7,10H2,1H3/t11?,13?,16-/m0/s1. The molecule has 1 aliphatic heterocycles. The van der Waals surface area contributed by atoms with E-state index in [9.17, 15) is 0 Å². The molecule has 20 heavy (non-hydrogen) atoms. The Labute approximate surface area is 125 Å². The minimum absolute atomic E-state index is 0.0656. The van der Waals surface area contributed by atoms with E-state index in [1.54, 1.807) is 0 Å². The first-order valence-electron chi connectivity index (χ1n) is 7.54. The van der Waals surface area contributed by atoms with Gasteiger partial charge in [-0.25, -0.2) is 0 Å². The molecule has 106 valence electrons. The molecule has 0 radical (unpaired) electrons. The molecule has 3 nitrogen and oxygen atoms in total. The number of halogens is 1. The van der Waals surface area contributed by atoms with Crippen LogP contribution in [0.3, 0.4) is 0 Å². The number of benzene rings is 1. The summed E-state index contributed by atoms with van der Waals surface area (Å²) in [7, 11) is 2.19. The van der Waals surface area contributed by atoms with E-state index in [2.05, 4.69) is 34.6 Å². The third-order valence-electron chi connectivity index (χ3n) is 5.50. The molecule has 0 aromatic heterocycles. The second-order valence-electron chi connectivity index (χ2n) is 6.46. The monoisotopic (exact) mass is 289 g/mol. The highest BCUT2D eigenvalue weighted by Gasteiger charge is 2.53. The number of nitrogens with one attached hydrogen (secondary N) is 1. The Morgan fingerprint density at radius 1 is 1.20 bits per heavy atom. The highest BCUT2D eigenvalue weighted by molar-refractivity contribution is 6.30. The Morgan fingerprint density at radius 3 is 2.50 bits per heavy atom. The van der Waals surface area contributed by atoms with Gasteiger partial charge in [0.25, 0.3) is 0 Å². The predicted molar refractivity (Wildman–Crippen MR) is 81.7 cm³/mol. The van der Waals surface area contributed by atoms with E-state index >= 15 is 0 Å². The second-order valence-corrected chi connectivity index (χ2v) is 6.90. The molecule has 1 aromatic rings. The van der Waals surface area contributed by atoms with Crippen LogP contribution < -0.4 is 5.43 Å². The molecule has 1 heterocycles. The van der Waals surface area contributed by atoms with E-state index in [0.29, 0.717) is 0 Å². The summed E-state index contributed by atoms with van der Waals surface area (Å²) in [6.07, 6.45) is 6.71. The maximum atomic E-state index is 5.98. The van der Waals surface area contributed by atoms with Crippen molar-refractivity contribution < 1.29 is 0 Å². The molecule has 1 N–H and O–H groups in total. The van der Waals surface area contributed by atoms with Crippen molar-refractivity contribution in [2.75, 3.05) is 7.05 Å². The molecule has 1 aromatic carbocycles. The average molecular weight is 290 g/mol. The molecule has 4 heteroatoms. The Hall–Kier alpha value is -1.22. The van der Waals surface area contributed by atoms with Gasteiger partial charge in [0, 0.05) is 23.6 Å². The summed E-state index contributed by atoms with van der Waals surface area (Å²) in [6, 6.07) is 7.98. The third kappa shape index (κ3) is 1.69. The number of hydrogen-bond acceptors (Lipinski definition) is 3. The normalized spacial score (nSPS) is 35.3. The average Bonchev–Trinajstić information content (AvgIpc) is 2.79. The summed E-state index contributed by atoms with van der Waals surface area (Å²) in [4.78, 5) is 2.38. The minimum Gasteiger partial charge on any atom is -0.333 e. The Bertz CT molecular complexity index is 545. The molecule has 3 saturated carbocycles. The van der Waals surface area contributed by atoms with Gasteiger partial charge >= 0.3 is 0 Å². The van der Waals surface area contributed by atoms with Crippen LogP contribution in [0.2, 0.25) is 5.02 Å². The maximum Gasteiger partial charge on any atom is 0.157 e. The van der Waals surface area contributed by atoms with Gasteiger partial charge in [0.1, 0.15) is 5.66 Å². The lowest BCUT2D eigenvalue weighted by Gasteiger charge is -2.53. The lowest BCUT2D eigenvalue weighted by molar-refractivity contribution is -0.0197. The second kappa shape index (κ2) is 4.39. The van der Waals surface area contributed by atoms with E-state index in [4.69, 9.17) is 11.6 Å². The molecular formula is C16H20ClN3. The largest absolute Gasteiger partial charge is 0.333 e. The van der Waals surface area contributed by atoms with Gasteiger partial charge in [-0.2, -0.15) is 5.10 Å². The molecule has 3 aliphatic carbocycles. The first kappa shape index (κ1) is 12.5. The quantitative estimate of drug-likeness (QED) is 0.857. The molecule has 5 rings (SSSR count). The van der Waals surface area contributed by atoms with Gasteiger partial charge in [0.05, 0.1) is 0 Å². The number of fused-ring (bicyclic) bond motifs is 2. The molecule has 4 aliphatic rings. The lowest BCUT2D eigenvalue weighted by Crippen LogP contribution is -2.62. The van der Waals surface area contributed by atoms with Crippen LogP contribution >= 0.6 is 11.6 Å². The van der Waals surface area contributed by atoms with E-state index in [1.807, 2.05) is 12.1 Å². The van der Waals surface area contributed by atoms with Crippen molar-refractivity contribution in [3.05, 3.63) is 34.9 Å². The van der Waals surface area contributed by atoms with Gasteiger partial charge in [0.2, 0.25) is 0 Å². The summed E-state index contributed by atoms with van der Waals surface area (Å²) in [6.45, 7) is 0. The molecule has 2 bridgehead atoms. The highest BCUT2D eigenvalue weighted by Crippen LogP contribution is 2.50. The van der Waals surface area contributed by atoms with E-state index in [0.717, 1.165) is 28.3 Å². The van der Waals surface area contributed by atoms with Gasteiger partial charge in [-0.05, 0) is 62.3 Å². The smallest absolute Gasteiger partial charge is 0.157 e. The first-order chi connectivity index (χ1) is 9.69. The molecular weight excluding hydrogens is 270 g/mol. The van der Waals surface area contributed by atoms with Crippen LogP contribution in [-0.2, 0) is 0 Å². The van der Waals surface area contributed by atoms with Crippen LogP contribution in [0, 0.1) is 11.8 Å². The Kier molecular flexibility index (Phi) is 2.75. The van der Waals surface area contributed by atoms with Crippen molar-refractivity contribution in [2.24, 2.45) is 16.9 Å². The van der Waals surface area contributed by atoms with Crippen LogP contribution in [0.25, 0.3) is 0 Å². The molecule has 3 fully saturated rings. The number of amidine groups is 1. The fraction of sp³-hybridized carbons (Fsp3) is 0.562. The number of hydrazone groups is 1. The molecule has 1 atom stereocenters. The van der Waals surface area contributed by atoms with Crippen molar-refractivity contribution in [3.8, 4) is 0 Å². The Balaban J connectivity index is 1.64. The van der Waals surface area contributed by atoms with Crippen LogP contribution in [0.15, 0.2) is 29.4 Å². The number of rotatable bonds is 1. The van der Waals surface area contributed by atoms with Crippen LogP contribution in [-0.4, -0.2) is 23.4 Å². The number of nitrogens with zero attached hydrogens (tertiary/aromatic N) is 2. The molecule has 0 saturated heterocycles. The third-order valence-corrected chi connectivity index (χ3v) is 5.75. The van der Waals surface area contributed by atoms with Gasteiger partial charge in [-0.15, -0.1) is 0 Å². The summed E-state index contributed by atoms with van der Waals surface area (Å²) in [5.74, 6) is 2.65. The summed E-state index contributed by atoms with van der Waals surface area (Å²) in [5, 5.41) is 5.43. The lowest BCUT2D eigenvalue weighted by atomic mass is 9.64. The van der Waals surface area contributed by atoms with Crippen molar-refractivity contribution in [1.29, 1.82) is 0 Å². The zero-order chi connectivity index (χ0) is 13.7. The van der Waals surface area contributed by atoms with Gasteiger partial charge < -0.3 is 4.90 Å². The van der Waals surface area contributed by atoms with E-state index in [1.165, 1.54) is 32.1 Å². The first-order valence-corrected chi connectivity index (χ1v) is 7.91. The van der Waals surface area contributed by atoms with Crippen LogP contribution in [0.1, 0.15) is 37.7 Å². The maximum absolute atomic E-state index is 5.98. The summed E-state index contributed by atoms with van der Waals surface area (Å²) < 4.78 is 0. The highest BCUT2D eigenvalue weighted by atomic mass is 35.5. The molecule has 1 spiro atoms. The van der Waals surface area contributed by atoms with Gasteiger partial charge in [-0.3, -0.25) is 5.43 Å². The summed E-state index contributed by atoms with van der Waals surface area (Å²) in [5.41, 5.74) is 4.70. The van der Waals surface area contributed by atoms with Crippen molar-refractivity contribution in [1.82, 2.24) is 10.3 Å². The van der Waals surface area contributed by atoms with Gasteiger partial charge in [0.15, 0.2) is 5.84 Å². The fourth-order valence-corrected chi connectivity index (χ4v) is 4.47. The van der Waals surface area contributed by atoms with Crippen molar-refractivity contribution in [2.45, 2.75) is 37.8 Å². The van der Waals surface area contributed by atoms with Crippen molar-refractivity contribution >= 4 is 17.4 Å². The Morgan fingerprint density at radius 2 is 1.90 bits per heavy atom. The predicted octanol–water partition coefficient (Wildman–Crippen LogP) is 3.44. The topological polar surface area (TPSA) is 27.6 Å². The van der Waals surface area contributed by atoms with Crippen LogP contribution in [0.5, 0.6) is 0 Å². The van der Waals surface area contributed by atoms with E-state index < -0.39 is 0 Å². The van der Waals surface area contributed by atoms with E-state index in [-0.39, 0.29) is 5.66 Å². The molecule has 0 unspecified atom stereocenters. The summed E-state index contributed by atoms with van der Waals surface area (Å²) >= 11 is 5.98. The zero-order valence-corrected chi connectivity index (χ0v) is 12.5. The fourth-order valence-electron chi connectivity index (χ4n) is 4.34. The molecule has 0 amide bonds. The number of hydrogen-bond donors (Lipinski definition) is 1. The zero-order valence-electron chi connectivity index (χ0n) is 11.8. The SMILES string of the molecule is CN1C(c2ccc(Cl)cc2)=NN[C@@]12CC1CCC2CC1. The van der Waals surface area contributed by atoms with Gasteiger partial charge in [-0.1, -0.05) is 11.6 Å². The minimum atomic E-state index is 0.0656. The van der Waals surface area contributed by atoms with Crippen molar-refractivity contribution in [3.63, 3.8) is 0 Å². The van der Waals surface area contributed by atoms with Crippen LogP contribution in [0.4, 0.5) is 0 Å².